The van der Waals surface area contributed by atoms with Crippen LogP contribution in [-0.2, 0) is 4.79 Å². The van der Waals surface area contributed by atoms with E-state index in [-0.39, 0.29) is 17.7 Å². The Kier molecular flexibility index (Phi) is 3.90. The summed E-state index contributed by atoms with van der Waals surface area (Å²) in [5.74, 6) is 0.587. The smallest absolute Gasteiger partial charge is 0.265 e. The first-order chi connectivity index (χ1) is 11.5. The van der Waals surface area contributed by atoms with E-state index in [2.05, 4.69) is 4.98 Å². The van der Waals surface area contributed by atoms with Crippen LogP contribution < -0.4 is 5.73 Å². The van der Waals surface area contributed by atoms with Crippen LogP contribution in [0.3, 0.4) is 0 Å². The summed E-state index contributed by atoms with van der Waals surface area (Å²) in [6.45, 7) is 3.09. The minimum atomic E-state index is -0.484. The molecule has 2 heterocycles. The summed E-state index contributed by atoms with van der Waals surface area (Å²) >= 11 is 1.57. The Morgan fingerprint density at radius 3 is 2.67 bits per heavy atom. The number of carbonyl (C=O) groups excluding carboxylic acids is 2. The number of carbonyl (C=O) groups is 2. The van der Waals surface area contributed by atoms with Crippen molar-refractivity contribution < 1.29 is 9.59 Å². The van der Waals surface area contributed by atoms with E-state index in [1.807, 2.05) is 11.8 Å². The van der Waals surface area contributed by atoms with Crippen molar-refractivity contribution in [2.24, 2.45) is 17.1 Å². The molecule has 4 rings (SSSR count). The first-order valence-electron chi connectivity index (χ1n) is 9.08. The zero-order chi connectivity index (χ0) is 16.9. The topological polar surface area (TPSA) is 76.3 Å². The summed E-state index contributed by atoms with van der Waals surface area (Å²) < 4.78 is 0. The predicted molar refractivity (Wildman–Crippen MR) is 92.9 cm³/mol. The summed E-state index contributed by atoms with van der Waals surface area (Å²) in [4.78, 5) is 32.4. The molecule has 2 N–H and O–H groups in total. The van der Waals surface area contributed by atoms with Gasteiger partial charge in [-0.1, -0.05) is 19.3 Å². The van der Waals surface area contributed by atoms with Crippen molar-refractivity contribution in [1.82, 2.24) is 9.88 Å². The van der Waals surface area contributed by atoms with Gasteiger partial charge in [0.1, 0.15) is 4.88 Å². The highest BCUT2D eigenvalue weighted by molar-refractivity contribution is 7.13. The number of hydrogen-bond acceptors (Lipinski definition) is 4. The van der Waals surface area contributed by atoms with Crippen LogP contribution in [0.2, 0.25) is 0 Å². The zero-order valence-electron chi connectivity index (χ0n) is 14.2. The number of hydrogen-bond donors (Lipinski definition) is 1. The molecule has 130 valence electrons. The molecule has 2 amide bonds. The lowest BCUT2D eigenvalue weighted by Crippen LogP contribution is -2.41. The Labute approximate surface area is 146 Å². The molecule has 1 aliphatic heterocycles. The normalized spacial score (nSPS) is 30.0. The molecule has 0 radical (unpaired) electrons. The molecule has 2 aliphatic carbocycles. The monoisotopic (exact) mass is 347 g/mol. The first kappa shape index (κ1) is 16.1. The standard InChI is InChI=1S/C18H25N3O2S/c1-11-14(24-15(20-11)12-5-2-3-6-12)16(22)21-9-13-7-4-8-18(13,10-21)17(19)23/h12-13H,2-10H2,1H3,(H2,19,23)/t13-,18-/m0/s1. The fraction of sp³-hybridized carbons (Fsp3) is 0.722. The van der Waals surface area contributed by atoms with Crippen molar-refractivity contribution in [2.45, 2.75) is 57.8 Å². The van der Waals surface area contributed by atoms with Crippen molar-refractivity contribution in [2.75, 3.05) is 13.1 Å². The maximum absolute atomic E-state index is 13.0. The van der Waals surface area contributed by atoms with E-state index in [0.717, 1.165) is 34.8 Å². The molecule has 0 bridgehead atoms. The van der Waals surface area contributed by atoms with E-state index in [9.17, 15) is 9.59 Å². The molecular formula is C18H25N3O2S. The number of rotatable bonds is 3. The maximum Gasteiger partial charge on any atom is 0.265 e. The first-order valence-corrected chi connectivity index (χ1v) is 9.89. The minimum Gasteiger partial charge on any atom is -0.369 e. The Hall–Kier alpha value is -1.43. The van der Waals surface area contributed by atoms with Crippen molar-refractivity contribution in [3.05, 3.63) is 15.6 Å². The Bertz CT molecular complexity index is 680. The number of nitrogens with two attached hydrogens (primary N) is 1. The van der Waals surface area contributed by atoms with Gasteiger partial charge in [0, 0.05) is 19.0 Å². The average Bonchev–Trinajstić information content (AvgIpc) is 3.29. The van der Waals surface area contributed by atoms with Gasteiger partial charge in [-0.3, -0.25) is 9.59 Å². The van der Waals surface area contributed by atoms with E-state index in [4.69, 9.17) is 5.73 Å². The van der Waals surface area contributed by atoms with E-state index >= 15 is 0 Å². The summed E-state index contributed by atoms with van der Waals surface area (Å²) in [5.41, 5.74) is 6.07. The van der Waals surface area contributed by atoms with Gasteiger partial charge in [-0.05, 0) is 38.5 Å². The van der Waals surface area contributed by atoms with Gasteiger partial charge in [0.2, 0.25) is 5.91 Å². The maximum atomic E-state index is 13.0. The molecule has 24 heavy (non-hydrogen) atoms. The number of likely N-dealkylation sites (tertiary alicyclic amines) is 1. The molecule has 2 saturated carbocycles. The van der Waals surface area contributed by atoms with Gasteiger partial charge in [-0.2, -0.15) is 0 Å². The summed E-state index contributed by atoms with van der Waals surface area (Å²) in [7, 11) is 0. The van der Waals surface area contributed by atoms with Crippen LogP contribution in [0.1, 0.15) is 71.2 Å². The van der Waals surface area contributed by atoms with Gasteiger partial charge in [-0.25, -0.2) is 4.98 Å². The fourth-order valence-corrected chi connectivity index (χ4v) is 6.16. The van der Waals surface area contributed by atoms with E-state index in [1.165, 1.54) is 25.7 Å². The number of aryl methyl sites for hydroxylation is 1. The van der Waals surface area contributed by atoms with Crippen LogP contribution in [-0.4, -0.2) is 34.8 Å². The van der Waals surface area contributed by atoms with Gasteiger partial charge in [0.15, 0.2) is 0 Å². The summed E-state index contributed by atoms with van der Waals surface area (Å²) in [6.07, 6.45) is 7.78. The van der Waals surface area contributed by atoms with Crippen LogP contribution in [0, 0.1) is 18.3 Å². The molecule has 2 atom stereocenters. The molecule has 3 aliphatic rings. The average molecular weight is 347 g/mol. The number of fused-ring (bicyclic) bond motifs is 1. The minimum absolute atomic E-state index is 0.0456. The molecule has 3 fully saturated rings. The van der Waals surface area contributed by atoms with Gasteiger partial charge in [0.25, 0.3) is 5.91 Å². The fourth-order valence-electron chi connectivity index (χ4n) is 4.95. The van der Waals surface area contributed by atoms with Crippen molar-refractivity contribution >= 4 is 23.2 Å². The molecule has 0 spiro atoms. The number of amides is 2. The Morgan fingerprint density at radius 1 is 1.25 bits per heavy atom. The third kappa shape index (κ3) is 2.38. The highest BCUT2D eigenvalue weighted by Crippen LogP contribution is 2.49. The van der Waals surface area contributed by atoms with E-state index < -0.39 is 5.41 Å². The van der Waals surface area contributed by atoms with E-state index in [1.54, 1.807) is 11.3 Å². The van der Waals surface area contributed by atoms with Crippen LogP contribution in [0.4, 0.5) is 0 Å². The predicted octanol–water partition coefficient (Wildman–Crippen LogP) is 2.84. The lowest BCUT2D eigenvalue weighted by Gasteiger charge is -2.24. The van der Waals surface area contributed by atoms with Gasteiger partial charge in [0.05, 0.1) is 16.1 Å². The highest BCUT2D eigenvalue weighted by atomic mass is 32.1. The number of aromatic nitrogens is 1. The van der Waals surface area contributed by atoms with Crippen molar-refractivity contribution in [3.8, 4) is 0 Å². The second-order valence-electron chi connectivity index (χ2n) is 7.74. The largest absolute Gasteiger partial charge is 0.369 e. The third-order valence-electron chi connectivity index (χ3n) is 6.36. The zero-order valence-corrected chi connectivity index (χ0v) is 15.0. The SMILES string of the molecule is Cc1nc(C2CCCC2)sc1C(=O)N1C[C@@H]2CCC[C@]2(C(N)=O)C1. The van der Waals surface area contributed by atoms with Crippen LogP contribution in [0.15, 0.2) is 0 Å². The molecule has 0 aromatic carbocycles. The molecule has 1 aromatic heterocycles. The summed E-state index contributed by atoms with van der Waals surface area (Å²) in [6, 6.07) is 0. The number of thiazole rings is 1. The van der Waals surface area contributed by atoms with E-state index in [0.29, 0.717) is 19.0 Å². The van der Waals surface area contributed by atoms with Crippen LogP contribution in [0.5, 0.6) is 0 Å². The summed E-state index contributed by atoms with van der Waals surface area (Å²) in [5, 5.41) is 1.12. The van der Waals surface area contributed by atoms with Crippen molar-refractivity contribution in [3.63, 3.8) is 0 Å². The second kappa shape index (κ2) is 5.83. The molecule has 1 aromatic rings. The van der Waals surface area contributed by atoms with Crippen LogP contribution in [0.25, 0.3) is 0 Å². The Morgan fingerprint density at radius 2 is 2.00 bits per heavy atom. The molecule has 6 heteroatoms. The quantitative estimate of drug-likeness (QED) is 0.913. The van der Waals surface area contributed by atoms with Gasteiger partial charge < -0.3 is 10.6 Å². The molecule has 1 saturated heterocycles. The number of primary amides is 1. The molecule has 5 nitrogen and oxygen atoms in total. The van der Waals surface area contributed by atoms with Gasteiger partial charge in [-0.15, -0.1) is 11.3 Å². The lowest BCUT2D eigenvalue weighted by atomic mass is 9.80. The van der Waals surface area contributed by atoms with Crippen molar-refractivity contribution in [1.29, 1.82) is 0 Å². The molecular weight excluding hydrogens is 322 g/mol. The lowest BCUT2D eigenvalue weighted by molar-refractivity contribution is -0.128. The third-order valence-corrected chi connectivity index (χ3v) is 7.67. The number of nitrogens with zero attached hydrogens (tertiary/aromatic N) is 2. The molecule has 0 unspecified atom stereocenters. The second-order valence-corrected chi connectivity index (χ2v) is 8.77. The van der Waals surface area contributed by atoms with Crippen LogP contribution >= 0.6 is 11.3 Å². The Balaban J connectivity index is 1.55. The highest BCUT2D eigenvalue weighted by Gasteiger charge is 2.54. The van der Waals surface area contributed by atoms with Gasteiger partial charge >= 0.3 is 0 Å².